The number of aromatic nitrogens is 2. The first-order valence-electron chi connectivity index (χ1n) is 5.48. The van der Waals surface area contributed by atoms with Gasteiger partial charge >= 0.3 is 5.97 Å². The molecule has 0 spiro atoms. The number of anilines is 1. The van der Waals surface area contributed by atoms with Crippen molar-refractivity contribution in [2.75, 3.05) is 12.3 Å². The number of esters is 1. The summed E-state index contributed by atoms with van der Waals surface area (Å²) in [6, 6.07) is 3.45. The normalized spacial score (nSPS) is 10.3. The number of ether oxygens (including phenoxy) is 1. The second-order valence-electron chi connectivity index (χ2n) is 3.59. The Kier molecular flexibility index (Phi) is 3.27. The number of furan rings is 1. The second-order valence-corrected chi connectivity index (χ2v) is 3.59. The average molecular weight is 247 g/mol. The lowest BCUT2D eigenvalue weighted by Crippen LogP contribution is -2.13. The molecule has 0 atom stereocenters. The van der Waals surface area contributed by atoms with Crippen LogP contribution >= 0.6 is 0 Å². The zero-order valence-corrected chi connectivity index (χ0v) is 10.1. The van der Waals surface area contributed by atoms with E-state index in [1.165, 1.54) is 6.26 Å². The van der Waals surface area contributed by atoms with Gasteiger partial charge in [0.2, 0.25) is 0 Å². The van der Waals surface area contributed by atoms with Gasteiger partial charge in [0, 0.05) is 0 Å². The third kappa shape index (κ3) is 2.17. The Morgan fingerprint density at radius 2 is 2.28 bits per heavy atom. The molecule has 0 amide bonds. The van der Waals surface area contributed by atoms with E-state index in [0.717, 1.165) is 0 Å². The van der Waals surface area contributed by atoms with E-state index in [0.29, 0.717) is 17.3 Å². The van der Waals surface area contributed by atoms with E-state index in [4.69, 9.17) is 14.9 Å². The van der Waals surface area contributed by atoms with E-state index >= 15 is 0 Å². The molecule has 2 N–H and O–H groups in total. The van der Waals surface area contributed by atoms with Gasteiger partial charge in [-0.2, -0.15) is 0 Å². The maximum absolute atomic E-state index is 11.7. The van der Waals surface area contributed by atoms with E-state index in [2.05, 4.69) is 9.97 Å². The van der Waals surface area contributed by atoms with Crippen molar-refractivity contribution in [2.45, 2.75) is 13.8 Å². The van der Waals surface area contributed by atoms with Gasteiger partial charge in [-0.05, 0) is 26.0 Å². The molecule has 0 radical (unpaired) electrons. The van der Waals surface area contributed by atoms with Crippen molar-refractivity contribution in [3.63, 3.8) is 0 Å². The van der Waals surface area contributed by atoms with Crippen molar-refractivity contribution in [1.82, 2.24) is 9.97 Å². The highest BCUT2D eigenvalue weighted by atomic mass is 16.5. The number of hydrogen-bond acceptors (Lipinski definition) is 6. The van der Waals surface area contributed by atoms with Crippen molar-refractivity contribution in [3.8, 4) is 11.6 Å². The molecule has 2 aromatic rings. The van der Waals surface area contributed by atoms with E-state index < -0.39 is 5.97 Å². The van der Waals surface area contributed by atoms with Gasteiger partial charge in [0.25, 0.3) is 0 Å². The first-order chi connectivity index (χ1) is 8.63. The molecule has 2 aromatic heterocycles. The lowest BCUT2D eigenvalue weighted by Gasteiger charge is -2.08. The molecule has 6 heteroatoms. The van der Waals surface area contributed by atoms with Crippen LogP contribution in [0.3, 0.4) is 0 Å². The Hall–Kier alpha value is -2.37. The van der Waals surface area contributed by atoms with Crippen LogP contribution in [0.25, 0.3) is 11.6 Å². The third-order valence-electron chi connectivity index (χ3n) is 2.34. The summed E-state index contributed by atoms with van der Waals surface area (Å²) < 4.78 is 10.1. The number of hydrogen-bond donors (Lipinski definition) is 1. The minimum atomic E-state index is -0.515. The number of carbonyl (C=O) groups excluding carboxylic acids is 1. The van der Waals surface area contributed by atoms with E-state index in [9.17, 15) is 4.79 Å². The summed E-state index contributed by atoms with van der Waals surface area (Å²) >= 11 is 0. The average Bonchev–Trinajstić information content (AvgIpc) is 2.81. The molecule has 0 aliphatic carbocycles. The summed E-state index contributed by atoms with van der Waals surface area (Å²) in [6.45, 7) is 3.68. The van der Waals surface area contributed by atoms with Crippen molar-refractivity contribution in [1.29, 1.82) is 0 Å². The summed E-state index contributed by atoms with van der Waals surface area (Å²) in [6.07, 6.45) is 1.52. The zero-order chi connectivity index (χ0) is 13.1. The molecule has 0 aliphatic rings. The Morgan fingerprint density at radius 1 is 1.50 bits per heavy atom. The summed E-state index contributed by atoms with van der Waals surface area (Å²) in [5.74, 6) is 0.425. The van der Waals surface area contributed by atoms with Crippen LogP contribution in [-0.2, 0) is 4.74 Å². The summed E-state index contributed by atoms with van der Waals surface area (Å²) in [4.78, 5) is 19.9. The van der Waals surface area contributed by atoms with Gasteiger partial charge in [-0.15, -0.1) is 0 Å². The van der Waals surface area contributed by atoms with Gasteiger partial charge in [-0.25, -0.2) is 14.8 Å². The van der Waals surface area contributed by atoms with Crippen LogP contribution in [-0.4, -0.2) is 22.5 Å². The topological polar surface area (TPSA) is 91.2 Å². The maximum Gasteiger partial charge on any atom is 0.343 e. The third-order valence-corrected chi connectivity index (χ3v) is 2.34. The molecule has 0 unspecified atom stereocenters. The first-order valence-corrected chi connectivity index (χ1v) is 5.48. The number of nitrogen functional groups attached to an aromatic ring is 1. The standard InChI is InChI=1S/C12H13N3O3/c1-3-17-12(16)9-7(2)14-11(15-10(9)13)8-5-4-6-18-8/h4-6H,3H2,1-2H3,(H2,13,14,15). The maximum atomic E-state index is 11.7. The van der Waals surface area contributed by atoms with Crippen LogP contribution < -0.4 is 5.73 Å². The van der Waals surface area contributed by atoms with Crippen LogP contribution in [0, 0.1) is 6.92 Å². The molecule has 94 valence electrons. The Labute approximate surface area is 104 Å². The highest BCUT2D eigenvalue weighted by Gasteiger charge is 2.19. The molecule has 0 saturated heterocycles. The highest BCUT2D eigenvalue weighted by molar-refractivity contribution is 5.95. The van der Waals surface area contributed by atoms with Gasteiger partial charge in [0.1, 0.15) is 11.4 Å². The van der Waals surface area contributed by atoms with Gasteiger partial charge in [0.15, 0.2) is 11.6 Å². The summed E-state index contributed by atoms with van der Waals surface area (Å²) in [5.41, 5.74) is 6.43. The van der Waals surface area contributed by atoms with Crippen LogP contribution in [0.5, 0.6) is 0 Å². The fourth-order valence-corrected chi connectivity index (χ4v) is 1.57. The zero-order valence-electron chi connectivity index (χ0n) is 10.1. The van der Waals surface area contributed by atoms with Gasteiger partial charge < -0.3 is 14.9 Å². The smallest absolute Gasteiger partial charge is 0.343 e. The van der Waals surface area contributed by atoms with Crippen LogP contribution in [0.4, 0.5) is 5.82 Å². The van der Waals surface area contributed by atoms with Crippen molar-refractivity contribution < 1.29 is 13.9 Å². The molecule has 6 nitrogen and oxygen atoms in total. The minimum Gasteiger partial charge on any atom is -0.462 e. The molecule has 18 heavy (non-hydrogen) atoms. The lowest BCUT2D eigenvalue weighted by molar-refractivity contribution is 0.0526. The van der Waals surface area contributed by atoms with Gasteiger partial charge in [-0.1, -0.05) is 0 Å². The number of rotatable bonds is 3. The monoisotopic (exact) mass is 247 g/mol. The predicted molar refractivity (Wildman–Crippen MR) is 64.8 cm³/mol. The Bertz CT molecular complexity index is 541. The van der Waals surface area contributed by atoms with Crippen molar-refractivity contribution in [3.05, 3.63) is 29.7 Å². The van der Waals surface area contributed by atoms with Gasteiger partial charge in [-0.3, -0.25) is 0 Å². The number of carbonyl (C=O) groups is 1. The molecule has 0 aromatic carbocycles. The van der Waals surface area contributed by atoms with Crippen molar-refractivity contribution in [2.24, 2.45) is 0 Å². The van der Waals surface area contributed by atoms with Gasteiger partial charge in [0.05, 0.1) is 18.6 Å². The molecule has 2 rings (SSSR count). The fraction of sp³-hybridized carbons (Fsp3) is 0.250. The highest BCUT2D eigenvalue weighted by Crippen LogP contribution is 2.21. The number of nitrogens with zero attached hydrogens (tertiary/aromatic N) is 2. The molecule has 2 heterocycles. The Balaban J connectivity index is 2.44. The predicted octanol–water partition coefficient (Wildman–Crippen LogP) is 1.80. The van der Waals surface area contributed by atoms with Crippen LogP contribution in [0.15, 0.2) is 22.8 Å². The quantitative estimate of drug-likeness (QED) is 0.831. The van der Waals surface area contributed by atoms with Crippen LogP contribution in [0.1, 0.15) is 23.0 Å². The molecule has 0 saturated carbocycles. The fourth-order valence-electron chi connectivity index (χ4n) is 1.57. The summed E-state index contributed by atoms with van der Waals surface area (Å²) in [7, 11) is 0. The van der Waals surface area contributed by atoms with Crippen molar-refractivity contribution >= 4 is 11.8 Å². The molecular weight excluding hydrogens is 234 g/mol. The van der Waals surface area contributed by atoms with Crippen LogP contribution in [0.2, 0.25) is 0 Å². The molecular formula is C12H13N3O3. The number of nitrogens with two attached hydrogens (primary N) is 1. The minimum absolute atomic E-state index is 0.0901. The number of aryl methyl sites for hydroxylation is 1. The summed E-state index contributed by atoms with van der Waals surface area (Å²) in [5, 5.41) is 0. The van der Waals surface area contributed by atoms with E-state index in [-0.39, 0.29) is 18.0 Å². The Morgan fingerprint density at radius 3 is 2.83 bits per heavy atom. The molecule has 0 bridgehead atoms. The first kappa shape index (κ1) is 12.1. The molecule has 0 aliphatic heterocycles. The second kappa shape index (κ2) is 4.87. The van der Waals surface area contributed by atoms with E-state index in [1.54, 1.807) is 26.0 Å². The van der Waals surface area contributed by atoms with E-state index in [1.807, 2.05) is 0 Å². The SMILES string of the molecule is CCOC(=O)c1c(C)nc(-c2ccco2)nc1N. The lowest BCUT2D eigenvalue weighted by atomic mass is 10.2. The largest absolute Gasteiger partial charge is 0.462 e. The molecule has 0 fully saturated rings.